The van der Waals surface area contributed by atoms with Gasteiger partial charge in [0.2, 0.25) is 0 Å². The first-order valence-electron chi connectivity index (χ1n) is 9.45. The number of halogens is 1. The van der Waals surface area contributed by atoms with Crippen LogP contribution in [0, 0.1) is 12.7 Å². The van der Waals surface area contributed by atoms with Gasteiger partial charge in [-0.1, -0.05) is 18.2 Å². The van der Waals surface area contributed by atoms with Crippen molar-refractivity contribution in [2.24, 2.45) is 0 Å². The normalized spacial score (nSPS) is 15.9. The summed E-state index contributed by atoms with van der Waals surface area (Å²) in [4.78, 5) is 12.5. The second-order valence-electron chi connectivity index (χ2n) is 7.16. The molecule has 1 unspecified atom stereocenters. The highest BCUT2D eigenvalue weighted by Gasteiger charge is 2.20. The molecule has 1 aliphatic rings. The molecule has 1 atom stereocenters. The maximum absolute atomic E-state index is 13.7. The van der Waals surface area contributed by atoms with E-state index in [9.17, 15) is 9.18 Å². The van der Waals surface area contributed by atoms with E-state index in [1.807, 2.05) is 24.3 Å². The zero-order valence-electron chi connectivity index (χ0n) is 16.0. The predicted molar refractivity (Wildman–Crippen MR) is 108 cm³/mol. The maximum Gasteiger partial charge on any atom is 0.256 e. The van der Waals surface area contributed by atoms with Crippen LogP contribution in [0.25, 0.3) is 11.3 Å². The highest BCUT2D eigenvalue weighted by Crippen LogP contribution is 2.29. The van der Waals surface area contributed by atoms with Crippen LogP contribution in [0.2, 0.25) is 0 Å². The molecule has 4 nitrogen and oxygen atoms in total. The lowest BCUT2D eigenvalue weighted by Crippen LogP contribution is -2.24. The number of carbonyl (C=O) groups is 1. The van der Waals surface area contributed by atoms with E-state index in [1.54, 1.807) is 26.2 Å². The van der Waals surface area contributed by atoms with E-state index in [0.29, 0.717) is 22.9 Å². The Morgan fingerprint density at radius 3 is 2.68 bits per heavy atom. The van der Waals surface area contributed by atoms with Gasteiger partial charge in [0.05, 0.1) is 6.10 Å². The highest BCUT2D eigenvalue weighted by atomic mass is 19.1. The van der Waals surface area contributed by atoms with Crippen molar-refractivity contribution >= 4 is 11.6 Å². The van der Waals surface area contributed by atoms with E-state index in [4.69, 9.17) is 4.74 Å². The van der Waals surface area contributed by atoms with Crippen molar-refractivity contribution in [3.63, 3.8) is 0 Å². The summed E-state index contributed by atoms with van der Waals surface area (Å²) in [6.07, 6.45) is 2.23. The molecular weight excluding hydrogens is 355 g/mol. The Balaban J connectivity index is 1.51. The summed E-state index contributed by atoms with van der Waals surface area (Å²) in [5.74, 6) is -0.688. The fraction of sp³-hybridized carbons (Fsp3) is 0.261. The van der Waals surface area contributed by atoms with Gasteiger partial charge in [-0.15, -0.1) is 0 Å². The molecule has 0 spiro atoms. The molecule has 144 valence electrons. The van der Waals surface area contributed by atoms with E-state index in [0.717, 1.165) is 24.9 Å². The molecule has 1 N–H and O–H groups in total. The van der Waals surface area contributed by atoms with Crippen molar-refractivity contribution in [2.75, 3.05) is 12.4 Å². The number of nitrogens with one attached hydrogen (secondary N) is 1. The average Bonchev–Trinajstić information content (AvgIpc) is 3.13. The van der Waals surface area contributed by atoms with Gasteiger partial charge in [-0.05, 0) is 60.9 Å². The zero-order chi connectivity index (χ0) is 19.7. The Morgan fingerprint density at radius 1 is 1.14 bits per heavy atom. The molecule has 28 heavy (non-hydrogen) atoms. The van der Waals surface area contributed by atoms with Crippen LogP contribution in [0.5, 0.6) is 0 Å². The third-order valence-electron chi connectivity index (χ3n) is 5.47. The van der Waals surface area contributed by atoms with Gasteiger partial charge >= 0.3 is 0 Å². The largest absolute Gasteiger partial charge is 0.381 e. The summed E-state index contributed by atoms with van der Waals surface area (Å²) < 4.78 is 21.5. The number of benzene rings is 2. The summed E-state index contributed by atoms with van der Waals surface area (Å²) in [7, 11) is 1.77. The quantitative estimate of drug-likeness (QED) is 0.708. The van der Waals surface area contributed by atoms with Crippen LogP contribution in [-0.4, -0.2) is 23.7 Å². The fourth-order valence-corrected chi connectivity index (χ4v) is 3.79. The van der Waals surface area contributed by atoms with Crippen molar-refractivity contribution in [3.05, 3.63) is 77.2 Å². The summed E-state index contributed by atoms with van der Waals surface area (Å²) >= 11 is 0. The molecule has 5 heteroatoms. The van der Waals surface area contributed by atoms with Crippen molar-refractivity contribution in [2.45, 2.75) is 32.4 Å². The summed E-state index contributed by atoms with van der Waals surface area (Å²) in [5, 5.41) is 2.85. The molecule has 0 fully saturated rings. The van der Waals surface area contributed by atoms with E-state index >= 15 is 0 Å². The average molecular weight is 378 g/mol. The molecule has 1 aliphatic heterocycles. The van der Waals surface area contributed by atoms with Crippen LogP contribution in [0.15, 0.2) is 54.6 Å². The molecule has 0 saturated carbocycles. The number of fused-ring (bicyclic) bond motifs is 1. The zero-order valence-corrected chi connectivity index (χ0v) is 16.0. The Bertz CT molecular complexity index is 1010. The van der Waals surface area contributed by atoms with Crippen molar-refractivity contribution in [3.8, 4) is 11.3 Å². The number of aromatic nitrogens is 1. The monoisotopic (exact) mass is 378 g/mol. The van der Waals surface area contributed by atoms with Crippen LogP contribution in [0.3, 0.4) is 0 Å². The number of ether oxygens (including phenoxy) is 1. The number of amides is 1. The van der Waals surface area contributed by atoms with Gasteiger partial charge in [-0.3, -0.25) is 4.79 Å². The molecule has 0 aliphatic carbocycles. The Labute approximate surface area is 164 Å². The van der Waals surface area contributed by atoms with Crippen molar-refractivity contribution < 1.29 is 13.9 Å². The lowest BCUT2D eigenvalue weighted by molar-refractivity contribution is 0.0812. The molecule has 4 rings (SSSR count). The number of nitrogens with zero attached hydrogens (tertiary/aromatic N) is 1. The number of carbonyl (C=O) groups excluding carboxylic acids is 1. The minimum Gasteiger partial charge on any atom is -0.381 e. The number of methoxy groups -OCH3 is 1. The summed E-state index contributed by atoms with van der Waals surface area (Å²) in [6.45, 7) is 2.55. The molecule has 1 aromatic heterocycles. The van der Waals surface area contributed by atoms with Crippen LogP contribution >= 0.6 is 0 Å². The van der Waals surface area contributed by atoms with Crippen molar-refractivity contribution in [1.29, 1.82) is 0 Å². The first kappa shape index (κ1) is 18.4. The minimum atomic E-state index is -0.378. The molecule has 1 amide bonds. The molecule has 0 radical (unpaired) electrons. The van der Waals surface area contributed by atoms with Gasteiger partial charge in [0.1, 0.15) is 5.82 Å². The van der Waals surface area contributed by atoms with Gasteiger partial charge in [0, 0.05) is 42.7 Å². The SMILES string of the molecule is COC1CCn2c(ccc2-c2ccc(NC(=O)c3cccc(F)c3C)cc2)C1. The van der Waals surface area contributed by atoms with Crippen LogP contribution in [0.4, 0.5) is 10.1 Å². The number of rotatable bonds is 4. The standard InChI is InChI=1S/C23H23FN2O2/c1-15-20(4-3-5-21(15)24)23(27)25-17-8-6-16(7-9-17)22-11-10-18-14-19(28-2)12-13-26(18)22/h3-11,19H,12-14H2,1-2H3,(H,25,27). The van der Waals surface area contributed by atoms with Crippen LogP contribution in [-0.2, 0) is 17.7 Å². The third kappa shape index (κ3) is 3.45. The Kier molecular flexibility index (Phi) is 5.01. The smallest absolute Gasteiger partial charge is 0.256 e. The van der Waals surface area contributed by atoms with Crippen molar-refractivity contribution in [1.82, 2.24) is 4.57 Å². The second kappa shape index (κ2) is 7.60. The molecule has 0 saturated heterocycles. The van der Waals surface area contributed by atoms with E-state index in [-0.39, 0.29) is 11.7 Å². The summed E-state index contributed by atoms with van der Waals surface area (Å²) in [6, 6.07) is 16.6. The summed E-state index contributed by atoms with van der Waals surface area (Å²) in [5.41, 5.74) is 4.93. The maximum atomic E-state index is 13.7. The lowest BCUT2D eigenvalue weighted by atomic mass is 10.1. The fourth-order valence-electron chi connectivity index (χ4n) is 3.79. The predicted octanol–water partition coefficient (Wildman–Crippen LogP) is 4.82. The lowest BCUT2D eigenvalue weighted by Gasteiger charge is -2.24. The van der Waals surface area contributed by atoms with Gasteiger partial charge in [0.25, 0.3) is 5.91 Å². The van der Waals surface area contributed by atoms with Gasteiger partial charge < -0.3 is 14.6 Å². The Hall–Kier alpha value is -2.92. The van der Waals surface area contributed by atoms with Gasteiger partial charge in [0.15, 0.2) is 0 Å². The van der Waals surface area contributed by atoms with E-state index < -0.39 is 0 Å². The number of anilines is 1. The Morgan fingerprint density at radius 2 is 1.93 bits per heavy atom. The number of hydrogen-bond donors (Lipinski definition) is 1. The molecule has 3 aromatic rings. The minimum absolute atomic E-state index is 0.291. The van der Waals surface area contributed by atoms with E-state index in [2.05, 4.69) is 22.0 Å². The third-order valence-corrected chi connectivity index (χ3v) is 5.47. The molecular formula is C23H23FN2O2. The first-order chi connectivity index (χ1) is 13.6. The van der Waals surface area contributed by atoms with Gasteiger partial charge in [-0.2, -0.15) is 0 Å². The van der Waals surface area contributed by atoms with Crippen LogP contribution in [0.1, 0.15) is 28.0 Å². The topological polar surface area (TPSA) is 43.3 Å². The molecule has 2 aromatic carbocycles. The number of hydrogen-bond acceptors (Lipinski definition) is 2. The van der Waals surface area contributed by atoms with Gasteiger partial charge in [-0.25, -0.2) is 4.39 Å². The molecule has 2 heterocycles. The highest BCUT2D eigenvalue weighted by molar-refractivity contribution is 6.05. The first-order valence-corrected chi connectivity index (χ1v) is 9.45. The second-order valence-corrected chi connectivity index (χ2v) is 7.16. The van der Waals surface area contributed by atoms with Crippen LogP contribution < -0.4 is 5.32 Å². The van der Waals surface area contributed by atoms with E-state index in [1.165, 1.54) is 17.5 Å². The molecule has 0 bridgehead atoms.